The van der Waals surface area contributed by atoms with E-state index in [1.54, 1.807) is 0 Å². The highest BCUT2D eigenvalue weighted by molar-refractivity contribution is 7.89. The number of ether oxygens (including phenoxy) is 2. The van der Waals surface area contributed by atoms with E-state index in [9.17, 15) is 13.2 Å². The Balaban J connectivity index is 3.78. The van der Waals surface area contributed by atoms with Gasteiger partial charge in [-0.05, 0) is 0 Å². The van der Waals surface area contributed by atoms with Crippen molar-refractivity contribution in [2.24, 2.45) is 0 Å². The maximum absolute atomic E-state index is 11.2. The van der Waals surface area contributed by atoms with Crippen LogP contribution in [0.15, 0.2) is 0 Å². The molecule has 0 aliphatic heterocycles. The van der Waals surface area contributed by atoms with E-state index in [1.807, 2.05) is 0 Å². The van der Waals surface area contributed by atoms with Crippen molar-refractivity contribution >= 4 is 16.0 Å². The van der Waals surface area contributed by atoms with Crippen LogP contribution < -0.4 is 4.72 Å². The fourth-order valence-electron chi connectivity index (χ4n) is 0.691. The molecule has 0 saturated heterocycles. The molecule has 0 rings (SSSR count). The third-order valence-electron chi connectivity index (χ3n) is 1.43. The number of carbonyl (C=O) groups excluding carboxylic acids is 1. The summed E-state index contributed by atoms with van der Waals surface area (Å²) in [6, 6.07) is 0. The van der Waals surface area contributed by atoms with Crippen molar-refractivity contribution in [1.82, 2.24) is 4.72 Å². The molecule has 7 heteroatoms. The van der Waals surface area contributed by atoms with Crippen LogP contribution in [0.1, 0.15) is 6.42 Å². The quantitative estimate of drug-likeness (QED) is 0.449. The molecule has 84 valence electrons. The Hall–Kier alpha value is -0.660. The first kappa shape index (κ1) is 13.3. The van der Waals surface area contributed by atoms with Crippen molar-refractivity contribution in [1.29, 1.82) is 0 Å². The lowest BCUT2D eigenvalue weighted by atomic mass is 10.5. The van der Waals surface area contributed by atoms with E-state index in [-0.39, 0.29) is 18.7 Å². The standard InChI is InChI=1S/C7H15NO5S/c1-12-5-4-8-14(10,11)6-3-7(9)13-2/h8H,3-6H2,1-2H3. The number of nitrogens with one attached hydrogen (secondary N) is 1. The van der Waals surface area contributed by atoms with Gasteiger partial charge in [-0.2, -0.15) is 0 Å². The van der Waals surface area contributed by atoms with Crippen molar-refractivity contribution in [3.05, 3.63) is 0 Å². The molecule has 0 atom stereocenters. The number of hydrogen-bond acceptors (Lipinski definition) is 5. The van der Waals surface area contributed by atoms with Gasteiger partial charge in [0.25, 0.3) is 0 Å². The highest BCUT2D eigenvalue weighted by atomic mass is 32.2. The molecule has 0 unspecified atom stereocenters. The largest absolute Gasteiger partial charge is 0.469 e. The highest BCUT2D eigenvalue weighted by Crippen LogP contribution is 1.91. The van der Waals surface area contributed by atoms with Gasteiger partial charge < -0.3 is 9.47 Å². The predicted octanol–water partition coefficient (Wildman–Crippen LogP) is -0.885. The zero-order chi connectivity index (χ0) is 11.0. The molecule has 0 fully saturated rings. The molecule has 6 nitrogen and oxygen atoms in total. The number of carbonyl (C=O) groups is 1. The van der Waals surface area contributed by atoms with Gasteiger partial charge in [0.1, 0.15) is 0 Å². The normalized spacial score (nSPS) is 11.3. The van der Waals surface area contributed by atoms with Crippen LogP contribution >= 0.6 is 0 Å². The lowest BCUT2D eigenvalue weighted by molar-refractivity contribution is -0.140. The maximum atomic E-state index is 11.2. The number of methoxy groups -OCH3 is 2. The predicted molar refractivity (Wildman–Crippen MR) is 50.3 cm³/mol. The van der Waals surface area contributed by atoms with Gasteiger partial charge in [0.05, 0.1) is 25.9 Å². The van der Waals surface area contributed by atoms with Crippen LogP contribution in [0.3, 0.4) is 0 Å². The molecule has 0 saturated carbocycles. The zero-order valence-corrected chi connectivity index (χ0v) is 9.09. The second kappa shape index (κ2) is 6.74. The molecule has 0 aromatic carbocycles. The van der Waals surface area contributed by atoms with Crippen LogP contribution in [0.5, 0.6) is 0 Å². The maximum Gasteiger partial charge on any atom is 0.306 e. The number of sulfonamides is 1. The summed E-state index contributed by atoms with van der Waals surface area (Å²) in [5.41, 5.74) is 0. The zero-order valence-electron chi connectivity index (χ0n) is 8.28. The van der Waals surface area contributed by atoms with Crippen molar-refractivity contribution in [2.75, 3.05) is 33.1 Å². The summed E-state index contributed by atoms with van der Waals surface area (Å²) < 4.78 is 33.6. The smallest absolute Gasteiger partial charge is 0.306 e. The van der Waals surface area contributed by atoms with Gasteiger partial charge in [-0.15, -0.1) is 0 Å². The molecule has 0 amide bonds. The second-order valence-corrected chi connectivity index (χ2v) is 4.46. The lowest BCUT2D eigenvalue weighted by Crippen LogP contribution is -2.30. The van der Waals surface area contributed by atoms with Crippen molar-refractivity contribution in [3.63, 3.8) is 0 Å². The first-order chi connectivity index (χ1) is 6.52. The minimum absolute atomic E-state index is 0.140. The van der Waals surface area contributed by atoms with E-state index in [4.69, 9.17) is 0 Å². The molecule has 0 bridgehead atoms. The van der Waals surface area contributed by atoms with Gasteiger partial charge in [-0.1, -0.05) is 0 Å². The van der Waals surface area contributed by atoms with Gasteiger partial charge in [-0.25, -0.2) is 13.1 Å². The van der Waals surface area contributed by atoms with Crippen molar-refractivity contribution < 1.29 is 22.7 Å². The Bertz CT molecular complexity index is 261. The molecule has 0 aromatic heterocycles. The Kier molecular flexibility index (Phi) is 6.43. The van der Waals surface area contributed by atoms with Gasteiger partial charge >= 0.3 is 5.97 Å². The molecular weight excluding hydrogens is 210 g/mol. The van der Waals surface area contributed by atoms with E-state index in [0.717, 1.165) is 0 Å². The Morgan fingerprint density at radius 1 is 1.36 bits per heavy atom. The van der Waals surface area contributed by atoms with Gasteiger partial charge in [-0.3, -0.25) is 4.79 Å². The molecule has 0 heterocycles. The topological polar surface area (TPSA) is 81.7 Å². The number of esters is 1. The van der Waals surface area contributed by atoms with E-state index in [2.05, 4.69) is 14.2 Å². The Morgan fingerprint density at radius 3 is 2.50 bits per heavy atom. The highest BCUT2D eigenvalue weighted by Gasteiger charge is 2.12. The van der Waals surface area contributed by atoms with Crippen LogP contribution in [-0.4, -0.2) is 47.5 Å². The Morgan fingerprint density at radius 2 is 2.00 bits per heavy atom. The summed E-state index contributed by atoms with van der Waals surface area (Å²) in [4.78, 5) is 10.6. The number of rotatable bonds is 7. The van der Waals surface area contributed by atoms with Gasteiger partial charge in [0.15, 0.2) is 0 Å². The van der Waals surface area contributed by atoms with Gasteiger partial charge in [0.2, 0.25) is 10.0 Å². The molecule has 14 heavy (non-hydrogen) atoms. The average molecular weight is 225 g/mol. The molecular formula is C7H15NO5S. The van der Waals surface area contributed by atoms with Crippen molar-refractivity contribution in [2.45, 2.75) is 6.42 Å². The first-order valence-corrected chi connectivity index (χ1v) is 5.70. The van der Waals surface area contributed by atoms with Crippen molar-refractivity contribution in [3.8, 4) is 0 Å². The van der Waals surface area contributed by atoms with E-state index >= 15 is 0 Å². The first-order valence-electron chi connectivity index (χ1n) is 4.05. The second-order valence-electron chi connectivity index (χ2n) is 2.53. The summed E-state index contributed by atoms with van der Waals surface area (Å²) in [5, 5.41) is 0. The summed E-state index contributed by atoms with van der Waals surface area (Å²) >= 11 is 0. The van der Waals surface area contributed by atoms with Crippen LogP contribution in [0, 0.1) is 0 Å². The fourth-order valence-corrected chi connectivity index (χ4v) is 1.67. The van der Waals surface area contributed by atoms with Crippen LogP contribution in [0.2, 0.25) is 0 Å². The summed E-state index contributed by atoms with van der Waals surface area (Å²) in [7, 11) is -0.699. The summed E-state index contributed by atoms with van der Waals surface area (Å²) in [6.07, 6.45) is -0.140. The minimum atomic E-state index is -3.39. The third kappa shape index (κ3) is 6.81. The Labute approximate surface area is 83.6 Å². The van der Waals surface area contributed by atoms with E-state index in [1.165, 1.54) is 14.2 Å². The summed E-state index contributed by atoms with van der Waals surface area (Å²) in [5.74, 6) is -0.800. The van der Waals surface area contributed by atoms with Crippen LogP contribution in [0.25, 0.3) is 0 Å². The fraction of sp³-hybridized carbons (Fsp3) is 0.857. The van der Waals surface area contributed by atoms with E-state index in [0.29, 0.717) is 6.61 Å². The molecule has 1 N–H and O–H groups in total. The van der Waals surface area contributed by atoms with Crippen LogP contribution in [0.4, 0.5) is 0 Å². The molecule has 0 aliphatic carbocycles. The molecule has 0 radical (unpaired) electrons. The lowest BCUT2D eigenvalue weighted by Gasteiger charge is -2.04. The SMILES string of the molecule is COCCNS(=O)(=O)CCC(=O)OC. The summed E-state index contributed by atoms with van der Waals surface area (Å²) in [6.45, 7) is 0.511. The van der Waals surface area contributed by atoms with Gasteiger partial charge in [0, 0.05) is 13.7 Å². The molecule has 0 spiro atoms. The van der Waals surface area contributed by atoms with E-state index < -0.39 is 16.0 Å². The average Bonchev–Trinajstić information content (AvgIpc) is 2.14. The molecule has 0 aliphatic rings. The molecule has 0 aromatic rings. The minimum Gasteiger partial charge on any atom is -0.469 e. The third-order valence-corrected chi connectivity index (χ3v) is 2.82. The van der Waals surface area contributed by atoms with Crippen LogP contribution in [-0.2, 0) is 24.3 Å². The number of hydrogen-bond donors (Lipinski definition) is 1. The monoisotopic (exact) mass is 225 g/mol.